The molecule has 7 aromatic heterocycles. The molecule has 122 heavy (non-hydrogen) atoms. The van der Waals surface area contributed by atoms with Crippen LogP contribution in [0, 0.1) is 37.1 Å². The summed E-state index contributed by atoms with van der Waals surface area (Å²) < 4.78 is 57.8. The Hall–Kier alpha value is -12.7. The third kappa shape index (κ3) is 27.7. The van der Waals surface area contributed by atoms with Gasteiger partial charge < -0.3 is 55.5 Å². The monoisotopic (exact) mass is 1750 g/mol. The average molecular weight is 1760 g/mol. The van der Waals surface area contributed by atoms with Crippen LogP contribution in [-0.4, -0.2) is 91.0 Å². The lowest BCUT2D eigenvalue weighted by molar-refractivity contribution is 0.413. The highest BCUT2D eigenvalue weighted by atomic mass is 35.5. The number of benzene rings is 7. The lowest BCUT2D eigenvalue weighted by atomic mass is 9.86. The van der Waals surface area contributed by atoms with Gasteiger partial charge in [-0.15, -0.1) is 0 Å². The van der Waals surface area contributed by atoms with E-state index >= 15 is 0 Å². The standard InChI is InChI=1S/C16H21N3.C13H14ClN3.C13H15N3.C12H11Cl2N3.C12H10F3N3.C12H13FN4O.C11H10Cl2N4/c1-5-13-10-14(19-15(17)18-13)11-6-8-12(9-7-11)16(2,3)4;1-3-10-7-12(17-13(15)16-10)11-6-9(14)5-4-8(11)2;1-3-11-8-12(16-13(14)15-11)10-6-4-9(2)5-7-10;1-2-8-6-11(17-12(15)16-8)7-3-4-9(13)10(14)5-7;1-2-6-3-11(18-12(16)17-6)7-4-9(14)10(15)5-8(7)13;1-15-11-6-9(16-12(14)17-11)8-4-3-7(13)5-10(8)18-2;1-15-10-5-9(16-11(14)17-10)7-3-2-6(12)4-8(7)13/h6-10H,5H2,1-4H3,(H2,17,18,19);4-7H,3H2,1-2H3,(H2,15,16,17);4-8H,3H2,1-2H3,(H2,14,15,16);3-6H,2H2,1H3,(H2,15,16,17);3-5H,2H2,1H3,(H2,16,17,18);3-6H,1-2H3,(H3,14,15,16,17);2-5H,1H3,(H3,14,15,16,17). The molecule has 24 nitrogen and oxygen atoms in total. The topological polar surface area (TPSA) is 396 Å². The molecule has 0 bridgehead atoms. The van der Waals surface area contributed by atoms with E-state index in [1.807, 2.05) is 76.2 Å². The minimum atomic E-state index is -1.24. The molecular formula is C89H94Cl5F4N23O. The Balaban J connectivity index is 0.000000177. The lowest BCUT2D eigenvalue weighted by Gasteiger charge is -2.19. The first-order valence-corrected chi connectivity index (χ1v) is 40.1. The first kappa shape index (κ1) is 94.8. The van der Waals surface area contributed by atoms with Crippen LogP contribution in [0.3, 0.4) is 0 Å². The maximum Gasteiger partial charge on any atom is 0.222 e. The molecule has 0 atom stereocenters. The van der Waals surface area contributed by atoms with E-state index in [9.17, 15) is 17.6 Å². The largest absolute Gasteiger partial charge is 0.496 e. The van der Waals surface area contributed by atoms with Crippen molar-refractivity contribution in [1.29, 1.82) is 0 Å². The molecule has 33 heteroatoms. The number of methoxy groups -OCH3 is 1. The van der Waals surface area contributed by atoms with E-state index in [-0.39, 0.29) is 46.3 Å². The van der Waals surface area contributed by atoms with Gasteiger partial charge in [-0.25, -0.2) is 77.4 Å². The zero-order chi connectivity index (χ0) is 89.2. The number of hydrogen-bond acceptors (Lipinski definition) is 24. The first-order chi connectivity index (χ1) is 58.0. The maximum atomic E-state index is 13.6. The number of ether oxygens (including phenoxy) is 1. The van der Waals surface area contributed by atoms with E-state index in [1.165, 1.54) is 36.4 Å². The van der Waals surface area contributed by atoms with Gasteiger partial charge in [-0.05, 0) is 153 Å². The van der Waals surface area contributed by atoms with Gasteiger partial charge in [-0.1, -0.05) is 180 Å². The molecule has 0 saturated carbocycles. The molecule has 16 N–H and O–H groups in total. The summed E-state index contributed by atoms with van der Waals surface area (Å²) in [5.41, 5.74) is 57.8. The number of nitrogen functional groups attached to an aromatic ring is 7. The van der Waals surface area contributed by atoms with Gasteiger partial charge in [0.2, 0.25) is 41.6 Å². The summed E-state index contributed by atoms with van der Waals surface area (Å²) in [7, 11) is 4.96. The highest BCUT2D eigenvalue weighted by Gasteiger charge is 2.19. The highest BCUT2D eigenvalue weighted by molar-refractivity contribution is 6.42. The Bertz CT molecular complexity index is 5920. The van der Waals surface area contributed by atoms with Gasteiger partial charge in [0, 0.05) is 116 Å². The number of nitrogens with one attached hydrogen (secondary N) is 2. The number of rotatable bonds is 15. The Morgan fingerprint density at radius 3 is 1.12 bits per heavy atom. The Morgan fingerprint density at radius 2 is 0.697 bits per heavy atom. The Kier molecular flexibility index (Phi) is 34.6. The van der Waals surface area contributed by atoms with Gasteiger partial charge in [0.25, 0.3) is 0 Å². The third-order valence-electron chi connectivity index (χ3n) is 17.8. The van der Waals surface area contributed by atoms with Crippen molar-refractivity contribution in [3.63, 3.8) is 0 Å². The van der Waals surface area contributed by atoms with Crippen LogP contribution in [0.25, 0.3) is 78.8 Å². The second-order valence-electron chi connectivity index (χ2n) is 27.8. The first-order valence-electron chi connectivity index (χ1n) is 38.2. The van der Waals surface area contributed by atoms with E-state index in [0.717, 1.165) is 111 Å². The molecule has 0 spiro atoms. The van der Waals surface area contributed by atoms with Gasteiger partial charge >= 0.3 is 0 Å². The molecule has 0 aliphatic heterocycles. The van der Waals surface area contributed by atoms with Crippen molar-refractivity contribution in [2.45, 2.75) is 107 Å². The quantitative estimate of drug-likeness (QED) is 0.0340. The fraction of sp³-hybridized carbons (Fsp3) is 0.213. The predicted octanol–water partition coefficient (Wildman–Crippen LogP) is 20.7. The number of halogens is 9. The molecule has 634 valence electrons. The van der Waals surface area contributed by atoms with Crippen molar-refractivity contribution in [3.8, 4) is 84.6 Å². The number of aryl methyl sites for hydroxylation is 7. The normalized spacial score (nSPS) is 10.6. The van der Waals surface area contributed by atoms with Crippen molar-refractivity contribution >= 4 is 111 Å². The summed E-state index contributed by atoms with van der Waals surface area (Å²) in [4.78, 5) is 57.7. The molecule has 14 rings (SSSR count). The molecular weight excluding hydrogens is 1660 g/mol. The van der Waals surface area contributed by atoms with Crippen LogP contribution >= 0.6 is 58.0 Å². The van der Waals surface area contributed by atoms with Crippen molar-refractivity contribution in [2.24, 2.45) is 0 Å². The smallest absolute Gasteiger partial charge is 0.222 e. The van der Waals surface area contributed by atoms with E-state index in [1.54, 1.807) is 62.6 Å². The molecule has 0 fully saturated rings. The van der Waals surface area contributed by atoms with E-state index < -0.39 is 17.5 Å². The zero-order valence-electron chi connectivity index (χ0n) is 69.4. The summed E-state index contributed by atoms with van der Waals surface area (Å²) in [5.74, 6) is -0.461. The second-order valence-corrected chi connectivity index (χ2v) is 29.9. The SMILES string of the molecule is CCc1cc(-c2cc(Cl)ccc2C)nc(N)n1.CCc1cc(-c2cc(F)c(F)cc2F)nc(N)n1.CCc1cc(-c2ccc(C(C)(C)C)cc2)nc(N)n1.CCc1cc(-c2ccc(C)cc2)nc(N)n1.CCc1cc(-c2ccc(Cl)c(Cl)c2)nc(N)n1.CNc1cc(-c2ccc(Cl)cc2Cl)nc(N)n1.CNc1cc(-c2ccc(F)cc2OC)nc(N)n1. The van der Waals surface area contributed by atoms with Gasteiger partial charge in [-0.2, -0.15) is 9.97 Å². The summed E-state index contributed by atoms with van der Waals surface area (Å²) in [6, 6.07) is 51.3. The molecule has 0 aliphatic rings. The number of hydrogen-bond donors (Lipinski definition) is 9. The van der Waals surface area contributed by atoms with Crippen molar-refractivity contribution in [3.05, 3.63) is 269 Å². The maximum absolute atomic E-state index is 13.6. The molecule has 7 aromatic carbocycles. The number of nitrogens with zero attached hydrogens (tertiary/aromatic N) is 14. The minimum Gasteiger partial charge on any atom is -0.496 e. The lowest BCUT2D eigenvalue weighted by Crippen LogP contribution is -2.10. The number of aromatic nitrogens is 14. The fourth-order valence-electron chi connectivity index (χ4n) is 11.4. The molecule has 14 aromatic rings. The average Bonchev–Trinajstić information content (AvgIpc) is 0.841. The van der Waals surface area contributed by atoms with Crippen LogP contribution < -0.4 is 55.5 Å². The summed E-state index contributed by atoms with van der Waals surface area (Å²) in [5, 5.41) is 8.61. The summed E-state index contributed by atoms with van der Waals surface area (Å²) in [6.45, 7) is 20.7. The van der Waals surface area contributed by atoms with Crippen LogP contribution in [0.2, 0.25) is 25.1 Å². The van der Waals surface area contributed by atoms with Crippen LogP contribution in [-0.2, 0) is 37.5 Å². The van der Waals surface area contributed by atoms with Crippen LogP contribution in [0.15, 0.2) is 176 Å². The van der Waals surface area contributed by atoms with Crippen LogP contribution in [0.5, 0.6) is 5.75 Å². The van der Waals surface area contributed by atoms with Crippen LogP contribution in [0.4, 0.5) is 70.8 Å². The molecule has 0 amide bonds. The van der Waals surface area contributed by atoms with Gasteiger partial charge in [-0.3, -0.25) is 0 Å². The van der Waals surface area contributed by atoms with Crippen molar-refractivity contribution in [2.75, 3.05) is 72.0 Å². The Labute approximate surface area is 731 Å². The van der Waals surface area contributed by atoms with Crippen molar-refractivity contribution in [1.82, 2.24) is 69.8 Å². The van der Waals surface area contributed by atoms with Crippen LogP contribution in [0.1, 0.15) is 101 Å². The molecule has 0 radical (unpaired) electrons. The predicted molar refractivity (Wildman–Crippen MR) is 489 cm³/mol. The minimum absolute atomic E-state index is 0.0338. The zero-order valence-corrected chi connectivity index (χ0v) is 73.2. The van der Waals surface area contributed by atoms with Gasteiger partial charge in [0.15, 0.2) is 11.6 Å². The summed E-state index contributed by atoms with van der Waals surface area (Å²) in [6.07, 6.45) is 3.94. The summed E-state index contributed by atoms with van der Waals surface area (Å²) >= 11 is 29.8. The highest BCUT2D eigenvalue weighted by Crippen LogP contribution is 2.35. The molecule has 7 heterocycles. The van der Waals surface area contributed by atoms with Gasteiger partial charge in [0.1, 0.15) is 29.0 Å². The van der Waals surface area contributed by atoms with E-state index in [4.69, 9.17) is 103 Å². The number of anilines is 9. The fourth-order valence-corrected chi connectivity index (χ4v) is 12.3. The molecule has 0 saturated heterocycles. The molecule has 0 unspecified atom stereocenters. The number of nitrogens with two attached hydrogens (primary N) is 7. The van der Waals surface area contributed by atoms with Gasteiger partial charge in [0.05, 0.1) is 62.0 Å². The third-order valence-corrected chi connectivity index (χ3v) is 19.3. The van der Waals surface area contributed by atoms with E-state index in [0.29, 0.717) is 95.5 Å². The Morgan fingerprint density at radius 1 is 0.328 bits per heavy atom. The van der Waals surface area contributed by atoms with E-state index in [2.05, 4.69) is 170 Å². The molecule has 0 aliphatic carbocycles. The van der Waals surface area contributed by atoms with Crippen molar-refractivity contribution < 1.29 is 22.3 Å². The second kappa shape index (κ2) is 44.5.